The average Bonchev–Trinajstić information content (AvgIpc) is 2.24. The third-order valence-corrected chi connectivity index (χ3v) is 2.64. The van der Waals surface area contributed by atoms with Crippen LogP contribution in [-0.2, 0) is 0 Å². The number of benzene rings is 1. The second-order valence-electron chi connectivity index (χ2n) is 3.74. The van der Waals surface area contributed by atoms with Crippen LogP contribution in [0.15, 0.2) is 42.5 Å². The first-order valence-corrected chi connectivity index (χ1v) is 4.90. The summed E-state index contributed by atoms with van der Waals surface area (Å²) in [4.78, 5) is 0. The Morgan fingerprint density at radius 1 is 1.25 bits per heavy atom. The zero-order chi connectivity index (χ0) is 11.8. The molecular weight excluding hydrogens is 210 g/mol. The number of rotatable bonds is 1. The molecule has 0 amide bonds. The second-order valence-corrected chi connectivity index (χ2v) is 3.74. The summed E-state index contributed by atoms with van der Waals surface area (Å²) in [6.07, 6.45) is 4.48. The zero-order valence-electron chi connectivity index (χ0n) is 8.53. The van der Waals surface area contributed by atoms with Crippen LogP contribution in [0.5, 0.6) is 0 Å². The number of allylic oxidation sites excluding steroid dienone is 2. The monoisotopic (exact) mass is 222 g/mol. The van der Waals surface area contributed by atoms with Gasteiger partial charge in [0.1, 0.15) is 5.82 Å². The largest absolute Gasteiger partial charge is 0.320 e. The van der Waals surface area contributed by atoms with Gasteiger partial charge in [0, 0.05) is 11.1 Å². The minimum Gasteiger partial charge on any atom is -0.320 e. The third kappa shape index (κ3) is 1.66. The highest BCUT2D eigenvalue weighted by Crippen LogP contribution is 2.33. The molecule has 4 heteroatoms. The van der Waals surface area contributed by atoms with Crippen LogP contribution in [-0.4, -0.2) is 11.8 Å². The lowest BCUT2D eigenvalue weighted by molar-refractivity contribution is 0.227. The lowest BCUT2D eigenvalue weighted by Gasteiger charge is -2.30. The van der Waals surface area contributed by atoms with Crippen molar-refractivity contribution in [3.8, 4) is 0 Å². The topological polar surface area (TPSA) is 52.0 Å². The van der Waals surface area contributed by atoms with Crippen molar-refractivity contribution in [3.63, 3.8) is 0 Å². The van der Waals surface area contributed by atoms with Crippen LogP contribution in [0, 0.1) is 5.82 Å². The number of hydrogen-bond donors (Lipinski definition) is 2. The molecule has 1 aliphatic carbocycles. The molecule has 1 aliphatic rings. The van der Waals surface area contributed by atoms with Crippen molar-refractivity contribution in [1.29, 1.82) is 0 Å². The van der Waals surface area contributed by atoms with E-state index in [1.165, 1.54) is 30.4 Å². The minimum absolute atomic E-state index is 0.0700. The van der Waals surface area contributed by atoms with Crippen LogP contribution in [0.1, 0.15) is 5.56 Å². The standard InChI is InChI=1S/C12H12F2N2/c13-10-6-2-1-4-8(10)9-5-3-7-11(15)12(9,14)16/h1-7,11H,15-16H2. The molecule has 1 aromatic rings. The summed E-state index contributed by atoms with van der Waals surface area (Å²) in [6, 6.07) is 4.94. The number of alkyl halides is 1. The van der Waals surface area contributed by atoms with Gasteiger partial charge in [-0.15, -0.1) is 0 Å². The van der Waals surface area contributed by atoms with Crippen molar-refractivity contribution in [1.82, 2.24) is 0 Å². The van der Waals surface area contributed by atoms with Gasteiger partial charge in [-0.2, -0.15) is 0 Å². The minimum atomic E-state index is -2.24. The van der Waals surface area contributed by atoms with Gasteiger partial charge in [0.15, 0.2) is 0 Å². The van der Waals surface area contributed by atoms with Crippen molar-refractivity contribution in [2.75, 3.05) is 0 Å². The lowest BCUT2D eigenvalue weighted by Crippen LogP contribution is -2.52. The summed E-state index contributed by atoms with van der Waals surface area (Å²) in [5.74, 6) is -2.75. The molecule has 16 heavy (non-hydrogen) atoms. The molecule has 0 heterocycles. The zero-order valence-corrected chi connectivity index (χ0v) is 8.53. The van der Waals surface area contributed by atoms with E-state index in [2.05, 4.69) is 0 Å². The molecule has 0 fully saturated rings. The SMILES string of the molecule is NC1C=CC=C(c2ccccc2F)C1(N)F. The molecule has 0 saturated heterocycles. The summed E-state index contributed by atoms with van der Waals surface area (Å²) in [6.45, 7) is 0. The van der Waals surface area contributed by atoms with Crippen LogP contribution < -0.4 is 11.5 Å². The first-order chi connectivity index (χ1) is 7.53. The van der Waals surface area contributed by atoms with Crippen molar-refractivity contribution >= 4 is 5.57 Å². The second kappa shape index (κ2) is 3.81. The van der Waals surface area contributed by atoms with Crippen LogP contribution in [0.25, 0.3) is 5.57 Å². The summed E-state index contributed by atoms with van der Waals surface area (Å²) in [7, 11) is 0. The Kier molecular flexibility index (Phi) is 2.61. The molecule has 2 nitrogen and oxygen atoms in total. The van der Waals surface area contributed by atoms with Crippen molar-refractivity contribution in [2.24, 2.45) is 11.5 Å². The Morgan fingerprint density at radius 2 is 1.94 bits per heavy atom. The van der Waals surface area contributed by atoms with Gasteiger partial charge < -0.3 is 5.73 Å². The van der Waals surface area contributed by atoms with Gasteiger partial charge in [-0.1, -0.05) is 36.4 Å². The number of hydrogen-bond acceptors (Lipinski definition) is 2. The third-order valence-electron chi connectivity index (χ3n) is 2.64. The average molecular weight is 222 g/mol. The normalized spacial score (nSPS) is 29.0. The fraction of sp³-hybridized carbons (Fsp3) is 0.167. The maximum atomic E-state index is 14.2. The van der Waals surface area contributed by atoms with E-state index in [1.54, 1.807) is 12.1 Å². The number of nitrogens with two attached hydrogens (primary N) is 2. The molecule has 4 N–H and O–H groups in total. The van der Waals surface area contributed by atoms with E-state index in [-0.39, 0.29) is 11.1 Å². The van der Waals surface area contributed by atoms with E-state index in [1.807, 2.05) is 0 Å². The van der Waals surface area contributed by atoms with E-state index in [4.69, 9.17) is 11.5 Å². The molecule has 0 radical (unpaired) electrons. The summed E-state index contributed by atoms with van der Waals surface area (Å²) >= 11 is 0. The van der Waals surface area contributed by atoms with Gasteiger partial charge >= 0.3 is 0 Å². The van der Waals surface area contributed by atoms with Gasteiger partial charge in [0.25, 0.3) is 0 Å². The van der Waals surface area contributed by atoms with Gasteiger partial charge in [0.2, 0.25) is 5.79 Å². The van der Waals surface area contributed by atoms with Gasteiger partial charge in [-0.3, -0.25) is 5.73 Å². The fourth-order valence-corrected chi connectivity index (χ4v) is 1.69. The Morgan fingerprint density at radius 3 is 2.62 bits per heavy atom. The Labute approximate surface area is 92.2 Å². The summed E-state index contributed by atoms with van der Waals surface area (Å²) in [5, 5.41) is 0. The first kappa shape index (κ1) is 11.0. The van der Waals surface area contributed by atoms with E-state index in [9.17, 15) is 8.78 Å². The Bertz CT molecular complexity index is 464. The van der Waals surface area contributed by atoms with Crippen LogP contribution >= 0.6 is 0 Å². The molecule has 2 atom stereocenters. The molecule has 0 spiro atoms. The van der Waals surface area contributed by atoms with E-state index < -0.39 is 17.7 Å². The predicted octanol–water partition coefficient (Wildman–Crippen LogP) is 1.73. The van der Waals surface area contributed by atoms with Gasteiger partial charge in [0.05, 0.1) is 6.04 Å². The lowest BCUT2D eigenvalue weighted by atomic mass is 9.88. The molecule has 2 rings (SSSR count). The smallest absolute Gasteiger partial charge is 0.204 e. The van der Waals surface area contributed by atoms with Crippen LogP contribution in [0.3, 0.4) is 0 Å². The maximum absolute atomic E-state index is 14.2. The number of halogens is 2. The molecule has 2 unspecified atom stereocenters. The first-order valence-electron chi connectivity index (χ1n) is 4.90. The molecular formula is C12H12F2N2. The summed E-state index contributed by atoms with van der Waals surface area (Å²) < 4.78 is 27.7. The maximum Gasteiger partial charge on any atom is 0.204 e. The van der Waals surface area contributed by atoms with Gasteiger partial charge in [-0.25, -0.2) is 8.78 Å². The molecule has 0 aromatic heterocycles. The van der Waals surface area contributed by atoms with Crippen molar-refractivity contribution < 1.29 is 8.78 Å². The van der Waals surface area contributed by atoms with Crippen molar-refractivity contribution in [3.05, 3.63) is 53.9 Å². The van der Waals surface area contributed by atoms with Crippen LogP contribution in [0.4, 0.5) is 8.78 Å². The van der Waals surface area contributed by atoms with E-state index >= 15 is 0 Å². The molecule has 0 aliphatic heterocycles. The summed E-state index contributed by atoms with van der Waals surface area (Å²) in [5.41, 5.74) is 11.2. The molecule has 1 aromatic carbocycles. The van der Waals surface area contributed by atoms with Crippen molar-refractivity contribution in [2.45, 2.75) is 11.8 Å². The van der Waals surface area contributed by atoms with E-state index in [0.29, 0.717) is 0 Å². The molecule has 84 valence electrons. The highest BCUT2D eigenvalue weighted by Gasteiger charge is 2.38. The van der Waals surface area contributed by atoms with Crippen LogP contribution in [0.2, 0.25) is 0 Å². The molecule has 0 bridgehead atoms. The van der Waals surface area contributed by atoms with Gasteiger partial charge in [-0.05, 0) is 6.07 Å². The Hall–Kier alpha value is -1.52. The molecule has 0 saturated carbocycles. The Balaban J connectivity index is 2.53. The fourth-order valence-electron chi connectivity index (χ4n) is 1.69. The van der Waals surface area contributed by atoms with E-state index in [0.717, 1.165) is 0 Å². The highest BCUT2D eigenvalue weighted by molar-refractivity contribution is 5.75. The highest BCUT2D eigenvalue weighted by atomic mass is 19.1. The quantitative estimate of drug-likeness (QED) is 0.711. The predicted molar refractivity (Wildman–Crippen MR) is 59.5 cm³/mol.